The predicted molar refractivity (Wildman–Crippen MR) is 203 cm³/mol. The second kappa shape index (κ2) is 10.7. The Morgan fingerprint density at radius 1 is 0.392 bits per heavy atom. The highest BCUT2D eigenvalue weighted by Crippen LogP contribution is 2.46. The molecule has 0 amide bonds. The fourth-order valence-corrected chi connectivity index (χ4v) is 7.43. The van der Waals surface area contributed by atoms with Gasteiger partial charge in [0, 0.05) is 38.2 Å². The molecule has 0 unspecified atom stereocenters. The molecule has 3 aromatic heterocycles. The minimum atomic E-state index is 0.614. The highest BCUT2D eigenvalue weighted by Gasteiger charge is 2.23. The minimum absolute atomic E-state index is 0.614. The van der Waals surface area contributed by atoms with E-state index < -0.39 is 0 Å². The molecule has 11 rings (SSSR count). The van der Waals surface area contributed by atoms with Crippen LogP contribution >= 0.6 is 0 Å². The lowest BCUT2D eigenvalue weighted by Crippen LogP contribution is -2.03. The standard InChI is InChI=1S/C45H26N4O2/c1-3-10-27(11-4-1)43-46-44(28-12-5-2-6-13-28)48-45(47-43)31-20-23-38-35(25-31)32-21-18-30(26-41(32)50-38)29-19-22-36-34(24-29)33-14-9-17-40-42(33)49(36)37-15-7-8-16-39(37)51-40/h1-26H. The lowest BCUT2D eigenvalue weighted by Gasteiger charge is -2.20. The third kappa shape index (κ3) is 4.33. The summed E-state index contributed by atoms with van der Waals surface area (Å²) in [5, 5.41) is 4.40. The van der Waals surface area contributed by atoms with Crippen molar-refractivity contribution < 1.29 is 9.15 Å². The van der Waals surface area contributed by atoms with Crippen LogP contribution in [0.5, 0.6) is 11.5 Å². The minimum Gasteiger partial charge on any atom is -0.456 e. The van der Waals surface area contributed by atoms with Crippen LogP contribution in [0.1, 0.15) is 0 Å². The van der Waals surface area contributed by atoms with Gasteiger partial charge in [-0.3, -0.25) is 0 Å². The average molecular weight is 655 g/mol. The zero-order chi connectivity index (χ0) is 33.5. The molecule has 4 heterocycles. The van der Waals surface area contributed by atoms with E-state index in [-0.39, 0.29) is 0 Å². The van der Waals surface area contributed by atoms with Gasteiger partial charge in [0.15, 0.2) is 29.0 Å². The van der Waals surface area contributed by atoms with Crippen LogP contribution in [-0.2, 0) is 0 Å². The van der Waals surface area contributed by atoms with E-state index in [1.54, 1.807) is 0 Å². The topological polar surface area (TPSA) is 66.0 Å². The third-order valence-electron chi connectivity index (χ3n) is 9.84. The Balaban J connectivity index is 1.02. The first kappa shape index (κ1) is 27.9. The van der Waals surface area contributed by atoms with Crippen molar-refractivity contribution >= 4 is 43.7 Å². The van der Waals surface area contributed by atoms with Gasteiger partial charge in [0.05, 0.1) is 16.7 Å². The lowest BCUT2D eigenvalue weighted by atomic mass is 10.0. The summed E-state index contributed by atoms with van der Waals surface area (Å²) >= 11 is 0. The van der Waals surface area contributed by atoms with Crippen LogP contribution in [0, 0.1) is 0 Å². The maximum atomic E-state index is 6.46. The van der Waals surface area contributed by atoms with E-state index in [9.17, 15) is 0 Å². The van der Waals surface area contributed by atoms with Gasteiger partial charge in [-0.05, 0) is 71.8 Å². The maximum absolute atomic E-state index is 6.46. The summed E-state index contributed by atoms with van der Waals surface area (Å²) in [6, 6.07) is 53.9. The Hall–Kier alpha value is -7.05. The molecule has 10 aromatic rings. The van der Waals surface area contributed by atoms with E-state index in [1.807, 2.05) is 91.0 Å². The Labute approximate surface area is 291 Å². The zero-order valence-corrected chi connectivity index (χ0v) is 27.1. The number of benzene rings is 7. The van der Waals surface area contributed by atoms with Crippen molar-refractivity contribution in [3.05, 3.63) is 158 Å². The number of rotatable bonds is 4. The van der Waals surface area contributed by atoms with E-state index in [0.717, 1.165) is 78.0 Å². The van der Waals surface area contributed by atoms with E-state index in [1.165, 1.54) is 10.8 Å². The molecular formula is C45H26N4O2. The molecule has 1 aliphatic heterocycles. The highest BCUT2D eigenvalue weighted by atomic mass is 16.5. The molecule has 0 radical (unpaired) electrons. The van der Waals surface area contributed by atoms with E-state index in [2.05, 4.69) is 71.3 Å². The molecule has 0 spiro atoms. The molecular weight excluding hydrogens is 629 g/mol. The molecule has 238 valence electrons. The number of aromatic nitrogens is 4. The molecule has 1 aliphatic rings. The van der Waals surface area contributed by atoms with Crippen molar-refractivity contribution in [1.82, 2.24) is 19.5 Å². The fourth-order valence-electron chi connectivity index (χ4n) is 7.43. The van der Waals surface area contributed by atoms with E-state index in [0.29, 0.717) is 17.5 Å². The van der Waals surface area contributed by atoms with Crippen LogP contribution in [0.3, 0.4) is 0 Å². The first-order valence-corrected chi connectivity index (χ1v) is 16.9. The summed E-state index contributed by atoms with van der Waals surface area (Å²) in [7, 11) is 0. The SMILES string of the molecule is c1ccc(-c2nc(-c3ccccc3)nc(-c3ccc4oc5cc(-c6ccc7c(c6)c6cccc8c6n7-c6ccccc6O8)ccc5c4c3)n2)cc1. The largest absolute Gasteiger partial charge is 0.456 e. The Bertz CT molecular complexity index is 2940. The van der Waals surface area contributed by atoms with Crippen LogP contribution in [0.2, 0.25) is 0 Å². The van der Waals surface area contributed by atoms with Crippen molar-refractivity contribution in [3.63, 3.8) is 0 Å². The van der Waals surface area contributed by atoms with Gasteiger partial charge in [-0.15, -0.1) is 0 Å². The van der Waals surface area contributed by atoms with Crippen molar-refractivity contribution in [2.45, 2.75) is 0 Å². The van der Waals surface area contributed by atoms with Crippen LogP contribution in [0.15, 0.2) is 162 Å². The van der Waals surface area contributed by atoms with Gasteiger partial charge in [0.1, 0.15) is 11.2 Å². The normalized spacial score (nSPS) is 12.1. The lowest BCUT2D eigenvalue weighted by molar-refractivity contribution is 0.476. The van der Waals surface area contributed by atoms with Crippen molar-refractivity contribution in [2.24, 2.45) is 0 Å². The summed E-state index contributed by atoms with van der Waals surface area (Å²) in [5.74, 6) is 3.62. The third-order valence-corrected chi connectivity index (χ3v) is 9.84. The van der Waals surface area contributed by atoms with Crippen molar-refractivity contribution in [3.8, 4) is 62.5 Å². The summed E-state index contributed by atoms with van der Waals surface area (Å²) in [6.07, 6.45) is 0. The van der Waals surface area contributed by atoms with Crippen LogP contribution in [0.25, 0.3) is 94.7 Å². The van der Waals surface area contributed by atoms with Gasteiger partial charge in [0.2, 0.25) is 0 Å². The summed E-state index contributed by atoms with van der Waals surface area (Å²) in [6.45, 7) is 0. The number of hydrogen-bond acceptors (Lipinski definition) is 5. The second-order valence-corrected chi connectivity index (χ2v) is 12.9. The van der Waals surface area contributed by atoms with E-state index >= 15 is 0 Å². The maximum Gasteiger partial charge on any atom is 0.164 e. The van der Waals surface area contributed by atoms with E-state index in [4.69, 9.17) is 24.1 Å². The van der Waals surface area contributed by atoms with Gasteiger partial charge >= 0.3 is 0 Å². The Kier molecular flexibility index (Phi) is 5.86. The molecule has 0 aliphatic carbocycles. The average Bonchev–Trinajstić information content (AvgIpc) is 3.74. The van der Waals surface area contributed by atoms with Crippen molar-refractivity contribution in [1.29, 1.82) is 0 Å². The Morgan fingerprint density at radius 3 is 1.80 bits per heavy atom. The smallest absolute Gasteiger partial charge is 0.164 e. The van der Waals surface area contributed by atoms with Gasteiger partial charge < -0.3 is 13.7 Å². The molecule has 0 N–H and O–H groups in total. The predicted octanol–water partition coefficient (Wildman–Crippen LogP) is 11.6. The molecule has 0 fully saturated rings. The van der Waals surface area contributed by atoms with Crippen LogP contribution in [0.4, 0.5) is 0 Å². The molecule has 0 bridgehead atoms. The quantitative estimate of drug-likeness (QED) is 0.189. The van der Waals surface area contributed by atoms with Gasteiger partial charge in [-0.25, -0.2) is 15.0 Å². The van der Waals surface area contributed by atoms with Crippen molar-refractivity contribution in [2.75, 3.05) is 0 Å². The van der Waals surface area contributed by atoms with Crippen LogP contribution < -0.4 is 4.74 Å². The monoisotopic (exact) mass is 654 g/mol. The number of hydrogen-bond donors (Lipinski definition) is 0. The molecule has 0 atom stereocenters. The first-order valence-electron chi connectivity index (χ1n) is 16.9. The van der Waals surface area contributed by atoms with Crippen LogP contribution in [-0.4, -0.2) is 19.5 Å². The Morgan fingerprint density at radius 2 is 1.02 bits per heavy atom. The van der Waals surface area contributed by atoms with Gasteiger partial charge in [-0.2, -0.15) is 0 Å². The first-order chi connectivity index (χ1) is 25.2. The van der Waals surface area contributed by atoms with Gasteiger partial charge in [0.25, 0.3) is 0 Å². The number of fused-ring (bicyclic) bond motifs is 8. The summed E-state index contributed by atoms with van der Waals surface area (Å²) in [5.41, 5.74) is 9.93. The number of ether oxygens (including phenoxy) is 1. The molecule has 6 nitrogen and oxygen atoms in total. The molecule has 0 saturated heterocycles. The molecule has 6 heteroatoms. The second-order valence-electron chi connectivity index (χ2n) is 12.9. The molecule has 51 heavy (non-hydrogen) atoms. The highest BCUT2D eigenvalue weighted by molar-refractivity contribution is 6.13. The number of furan rings is 1. The summed E-state index contributed by atoms with van der Waals surface area (Å²) < 4.78 is 15.1. The number of para-hydroxylation sites is 3. The molecule has 0 saturated carbocycles. The molecule has 7 aromatic carbocycles. The van der Waals surface area contributed by atoms with Gasteiger partial charge in [-0.1, -0.05) is 97.1 Å². The zero-order valence-electron chi connectivity index (χ0n) is 27.1. The number of nitrogens with zero attached hydrogens (tertiary/aromatic N) is 4. The fraction of sp³-hybridized carbons (Fsp3) is 0. The summed E-state index contributed by atoms with van der Waals surface area (Å²) in [4.78, 5) is 14.7.